The van der Waals surface area contributed by atoms with Crippen molar-refractivity contribution < 1.29 is 19.0 Å². The summed E-state index contributed by atoms with van der Waals surface area (Å²) in [5.41, 5.74) is 3.02. The van der Waals surface area contributed by atoms with Gasteiger partial charge in [-0.1, -0.05) is 18.2 Å². The van der Waals surface area contributed by atoms with Gasteiger partial charge in [0.05, 0.1) is 24.3 Å². The number of hydrogen-bond acceptors (Lipinski definition) is 6. The Bertz CT molecular complexity index is 1490. The molecule has 2 aromatic heterocycles. The van der Waals surface area contributed by atoms with Crippen LogP contribution in [0.15, 0.2) is 72.9 Å². The van der Waals surface area contributed by atoms with Gasteiger partial charge >= 0.3 is 0 Å². The fourth-order valence-corrected chi connectivity index (χ4v) is 4.12. The third-order valence-corrected chi connectivity index (χ3v) is 5.90. The van der Waals surface area contributed by atoms with Crippen molar-refractivity contribution in [3.05, 3.63) is 95.3 Å². The van der Waals surface area contributed by atoms with Gasteiger partial charge in [-0.2, -0.15) is 5.26 Å². The average Bonchev–Trinajstić information content (AvgIpc) is 3.36. The lowest BCUT2D eigenvalue weighted by molar-refractivity contribution is -0.125. The van der Waals surface area contributed by atoms with Crippen LogP contribution in [0, 0.1) is 11.3 Å². The molecular weight excluding hydrogens is 442 g/mol. The first-order valence-corrected chi connectivity index (χ1v) is 11.1. The molecule has 2 aromatic carbocycles. The van der Waals surface area contributed by atoms with Crippen molar-refractivity contribution in [1.29, 1.82) is 5.26 Å². The van der Waals surface area contributed by atoms with Crippen molar-refractivity contribution >= 4 is 22.8 Å². The standard InChI is InChI=1S/C28H23N3O4/c1-28(2)26(32)24(25(35-28)20-9-7-18(16-29)8-10-20)19-11-13-21(14-12-19)34-17-22-27(33-3)31-15-5-4-6-23(31)30-22/h4-15H,17H2,1-3H3. The minimum atomic E-state index is -0.979. The van der Waals surface area contributed by atoms with Crippen molar-refractivity contribution in [2.75, 3.05) is 7.11 Å². The fraction of sp³-hybridized carbons (Fsp3) is 0.179. The number of imidazole rings is 1. The zero-order chi connectivity index (χ0) is 24.6. The van der Waals surface area contributed by atoms with Gasteiger partial charge in [-0.15, -0.1) is 0 Å². The molecule has 0 fully saturated rings. The summed E-state index contributed by atoms with van der Waals surface area (Å²) in [5, 5.41) is 9.09. The molecule has 0 atom stereocenters. The van der Waals surface area contributed by atoms with Crippen LogP contribution in [-0.4, -0.2) is 27.9 Å². The highest BCUT2D eigenvalue weighted by atomic mass is 16.5. The van der Waals surface area contributed by atoms with Gasteiger partial charge in [0.1, 0.15) is 29.5 Å². The Kier molecular flexibility index (Phi) is 5.50. The third-order valence-electron chi connectivity index (χ3n) is 5.90. The van der Waals surface area contributed by atoms with Crippen molar-refractivity contribution in [2.45, 2.75) is 26.1 Å². The van der Waals surface area contributed by atoms with Crippen molar-refractivity contribution in [3.63, 3.8) is 0 Å². The van der Waals surface area contributed by atoms with Crippen LogP contribution in [0.1, 0.15) is 36.2 Å². The summed E-state index contributed by atoms with van der Waals surface area (Å²) in [6, 6.07) is 22.2. The topological polar surface area (TPSA) is 85.9 Å². The number of benzene rings is 2. The maximum Gasteiger partial charge on any atom is 0.225 e. The van der Waals surface area contributed by atoms with E-state index in [-0.39, 0.29) is 12.4 Å². The van der Waals surface area contributed by atoms with E-state index in [0.717, 1.165) is 16.8 Å². The Labute approximate surface area is 202 Å². The average molecular weight is 466 g/mol. The Morgan fingerprint density at radius 3 is 2.43 bits per heavy atom. The molecule has 0 spiro atoms. The maximum atomic E-state index is 13.2. The summed E-state index contributed by atoms with van der Waals surface area (Å²) in [6.07, 6.45) is 1.89. The summed E-state index contributed by atoms with van der Waals surface area (Å²) in [6.45, 7) is 3.75. The Morgan fingerprint density at radius 2 is 1.74 bits per heavy atom. The molecule has 1 aliphatic heterocycles. The third kappa shape index (κ3) is 4.00. The van der Waals surface area contributed by atoms with Crippen molar-refractivity contribution in [2.24, 2.45) is 0 Å². The SMILES string of the molecule is COc1c(COc2ccc(C3=C(c4ccc(C#N)cc4)OC(C)(C)C3=O)cc2)nc2ccccn12. The predicted octanol–water partition coefficient (Wildman–Crippen LogP) is 5.04. The molecule has 7 heteroatoms. The number of methoxy groups -OCH3 is 1. The highest BCUT2D eigenvalue weighted by Gasteiger charge is 2.42. The van der Waals surface area contributed by atoms with Crippen molar-refractivity contribution in [1.82, 2.24) is 9.38 Å². The molecular formula is C28H23N3O4. The van der Waals surface area contributed by atoms with Gasteiger partial charge in [-0.25, -0.2) is 4.98 Å². The van der Waals surface area contributed by atoms with E-state index in [1.54, 1.807) is 45.2 Å². The van der Waals surface area contributed by atoms with E-state index in [9.17, 15) is 4.79 Å². The lowest BCUT2D eigenvalue weighted by Gasteiger charge is -2.17. The van der Waals surface area contributed by atoms with E-state index in [1.807, 2.05) is 53.1 Å². The first-order chi connectivity index (χ1) is 16.9. The van der Waals surface area contributed by atoms with E-state index >= 15 is 0 Å². The van der Waals surface area contributed by atoms with Gasteiger partial charge in [0.2, 0.25) is 11.7 Å². The highest BCUT2D eigenvalue weighted by Crippen LogP contribution is 2.41. The van der Waals surface area contributed by atoms with Crippen molar-refractivity contribution in [3.8, 4) is 17.7 Å². The Morgan fingerprint density at radius 1 is 1.03 bits per heavy atom. The van der Waals surface area contributed by atoms with Gasteiger partial charge in [-0.3, -0.25) is 9.20 Å². The number of carbonyl (C=O) groups is 1. The van der Waals surface area contributed by atoms with Crippen LogP contribution >= 0.6 is 0 Å². The van der Waals surface area contributed by atoms with E-state index in [4.69, 9.17) is 19.5 Å². The number of Topliss-reactive ketones (excluding diaryl/α,β-unsaturated/α-hetero) is 1. The summed E-state index contributed by atoms with van der Waals surface area (Å²) < 4.78 is 19.4. The number of pyridine rings is 1. The smallest absolute Gasteiger partial charge is 0.225 e. The molecule has 0 amide bonds. The number of nitriles is 1. The molecule has 3 heterocycles. The lowest BCUT2D eigenvalue weighted by Crippen LogP contribution is -2.29. The van der Waals surface area contributed by atoms with E-state index in [2.05, 4.69) is 11.1 Å². The second-order valence-corrected chi connectivity index (χ2v) is 8.64. The Balaban J connectivity index is 1.41. The first kappa shape index (κ1) is 22.2. The quantitative estimate of drug-likeness (QED) is 0.397. The number of ether oxygens (including phenoxy) is 3. The zero-order valence-corrected chi connectivity index (χ0v) is 19.6. The van der Waals surface area contributed by atoms with Gasteiger partial charge in [-0.05, 0) is 67.9 Å². The molecule has 0 saturated carbocycles. The van der Waals surface area contributed by atoms with Gasteiger partial charge in [0, 0.05) is 11.8 Å². The zero-order valence-electron chi connectivity index (χ0n) is 19.6. The number of carbonyl (C=O) groups excluding carboxylic acids is 1. The number of aromatic nitrogens is 2. The number of hydrogen-bond donors (Lipinski definition) is 0. The number of rotatable bonds is 6. The molecule has 4 aromatic rings. The molecule has 0 N–H and O–H groups in total. The van der Waals surface area contributed by atoms with E-state index in [0.29, 0.717) is 34.2 Å². The number of fused-ring (bicyclic) bond motifs is 1. The summed E-state index contributed by atoms with van der Waals surface area (Å²) in [5.74, 6) is 1.68. The molecule has 5 rings (SSSR count). The van der Waals surface area contributed by atoms with Crippen LogP contribution in [0.25, 0.3) is 17.0 Å². The minimum Gasteiger partial charge on any atom is -0.487 e. The van der Waals surface area contributed by atoms with E-state index < -0.39 is 5.60 Å². The van der Waals surface area contributed by atoms with Crippen LogP contribution in [0.2, 0.25) is 0 Å². The van der Waals surface area contributed by atoms with Crippen LogP contribution in [-0.2, 0) is 16.1 Å². The van der Waals surface area contributed by atoms with Gasteiger partial charge in [0.25, 0.3) is 0 Å². The van der Waals surface area contributed by atoms with Crippen LogP contribution < -0.4 is 9.47 Å². The van der Waals surface area contributed by atoms with Crippen LogP contribution in [0.3, 0.4) is 0 Å². The van der Waals surface area contributed by atoms with Crippen LogP contribution in [0.5, 0.6) is 11.6 Å². The second kappa shape index (κ2) is 8.65. The summed E-state index contributed by atoms with van der Waals surface area (Å²) >= 11 is 0. The summed E-state index contributed by atoms with van der Waals surface area (Å²) in [4.78, 5) is 17.8. The molecule has 0 saturated heterocycles. The maximum absolute atomic E-state index is 13.2. The lowest BCUT2D eigenvalue weighted by atomic mass is 9.92. The number of nitrogens with zero attached hydrogens (tertiary/aromatic N) is 3. The molecule has 0 radical (unpaired) electrons. The molecule has 0 aliphatic carbocycles. The monoisotopic (exact) mass is 465 g/mol. The predicted molar refractivity (Wildman–Crippen MR) is 131 cm³/mol. The number of ketones is 1. The second-order valence-electron chi connectivity index (χ2n) is 8.64. The molecule has 0 unspecified atom stereocenters. The van der Waals surface area contributed by atoms with E-state index in [1.165, 1.54) is 0 Å². The van der Waals surface area contributed by atoms with Gasteiger partial charge < -0.3 is 14.2 Å². The molecule has 1 aliphatic rings. The molecule has 35 heavy (non-hydrogen) atoms. The summed E-state index contributed by atoms with van der Waals surface area (Å²) in [7, 11) is 1.61. The minimum absolute atomic E-state index is 0.0973. The largest absolute Gasteiger partial charge is 0.487 e. The Hall–Kier alpha value is -4.57. The highest BCUT2D eigenvalue weighted by molar-refractivity contribution is 6.32. The van der Waals surface area contributed by atoms with Gasteiger partial charge in [0.15, 0.2) is 5.60 Å². The molecule has 0 bridgehead atoms. The fourth-order valence-electron chi connectivity index (χ4n) is 4.12. The van der Waals surface area contributed by atoms with Crippen LogP contribution in [0.4, 0.5) is 0 Å². The normalized spacial score (nSPS) is 14.6. The first-order valence-electron chi connectivity index (χ1n) is 11.1. The molecule has 174 valence electrons. The molecule has 7 nitrogen and oxygen atoms in total.